The van der Waals surface area contributed by atoms with E-state index in [1.54, 1.807) is 13.2 Å². The van der Waals surface area contributed by atoms with Crippen molar-refractivity contribution in [1.29, 1.82) is 0 Å². The Morgan fingerprint density at radius 2 is 2.00 bits per heavy atom. The van der Waals surface area contributed by atoms with E-state index in [1.165, 1.54) is 6.08 Å². The fourth-order valence-electron chi connectivity index (χ4n) is 1.79. The van der Waals surface area contributed by atoms with Gasteiger partial charge in [-0.15, -0.1) is 0 Å². The van der Waals surface area contributed by atoms with Gasteiger partial charge in [-0.1, -0.05) is 26.0 Å². The van der Waals surface area contributed by atoms with Crippen molar-refractivity contribution in [1.82, 2.24) is 5.32 Å². The summed E-state index contributed by atoms with van der Waals surface area (Å²) in [5, 5.41) is 12.3. The van der Waals surface area contributed by atoms with Gasteiger partial charge in [-0.25, -0.2) is 0 Å². The average Bonchev–Trinajstić information content (AvgIpc) is 2.42. The molecule has 4 nitrogen and oxygen atoms in total. The van der Waals surface area contributed by atoms with Crippen LogP contribution in [0.15, 0.2) is 30.3 Å². The fourth-order valence-corrected chi connectivity index (χ4v) is 1.79. The molecule has 20 heavy (non-hydrogen) atoms. The van der Waals surface area contributed by atoms with Crippen LogP contribution in [0.5, 0.6) is 5.75 Å². The van der Waals surface area contributed by atoms with Crippen molar-refractivity contribution < 1.29 is 14.6 Å². The molecule has 0 aliphatic rings. The SMILES string of the molecule is COc1ccc(/C=C/C(=O)NCC(O)CC(C)C)cc1. The molecule has 0 bridgehead atoms. The minimum atomic E-state index is -0.492. The average molecular weight is 277 g/mol. The summed E-state index contributed by atoms with van der Waals surface area (Å²) in [6, 6.07) is 7.42. The van der Waals surface area contributed by atoms with Crippen LogP contribution in [0.4, 0.5) is 0 Å². The lowest BCUT2D eigenvalue weighted by Gasteiger charge is -2.12. The van der Waals surface area contributed by atoms with Crippen LogP contribution in [0.3, 0.4) is 0 Å². The van der Waals surface area contributed by atoms with Gasteiger partial charge in [0, 0.05) is 12.6 Å². The molecule has 0 radical (unpaired) electrons. The number of carbonyl (C=O) groups is 1. The van der Waals surface area contributed by atoms with Crippen molar-refractivity contribution in [2.45, 2.75) is 26.4 Å². The fraction of sp³-hybridized carbons (Fsp3) is 0.438. The van der Waals surface area contributed by atoms with Crippen molar-refractivity contribution in [3.05, 3.63) is 35.9 Å². The van der Waals surface area contributed by atoms with Crippen LogP contribution in [-0.2, 0) is 4.79 Å². The standard InChI is InChI=1S/C16H23NO3/c1-12(2)10-14(18)11-17-16(19)9-6-13-4-7-15(20-3)8-5-13/h4-9,12,14,18H,10-11H2,1-3H3,(H,17,19)/b9-6+. The monoisotopic (exact) mass is 277 g/mol. The molecule has 0 aromatic heterocycles. The lowest BCUT2D eigenvalue weighted by atomic mass is 10.1. The zero-order valence-electron chi connectivity index (χ0n) is 12.3. The van der Waals surface area contributed by atoms with Crippen molar-refractivity contribution in [2.24, 2.45) is 5.92 Å². The van der Waals surface area contributed by atoms with Crippen LogP contribution in [0.2, 0.25) is 0 Å². The maximum Gasteiger partial charge on any atom is 0.244 e. The van der Waals surface area contributed by atoms with Gasteiger partial charge in [-0.2, -0.15) is 0 Å². The maximum absolute atomic E-state index is 11.6. The number of ether oxygens (including phenoxy) is 1. The van der Waals surface area contributed by atoms with E-state index >= 15 is 0 Å². The van der Waals surface area contributed by atoms with Crippen LogP contribution in [0.1, 0.15) is 25.8 Å². The molecule has 0 aliphatic heterocycles. The number of nitrogens with one attached hydrogen (secondary N) is 1. The lowest BCUT2D eigenvalue weighted by Crippen LogP contribution is -2.31. The molecule has 0 saturated heterocycles. The largest absolute Gasteiger partial charge is 0.497 e. The summed E-state index contributed by atoms with van der Waals surface area (Å²) in [4.78, 5) is 11.6. The maximum atomic E-state index is 11.6. The molecule has 0 aliphatic carbocycles. The summed E-state index contributed by atoms with van der Waals surface area (Å²) >= 11 is 0. The third-order valence-corrected chi connectivity index (χ3v) is 2.80. The number of carbonyl (C=O) groups excluding carboxylic acids is 1. The zero-order valence-corrected chi connectivity index (χ0v) is 12.3. The second kappa shape index (κ2) is 8.38. The first-order chi connectivity index (χ1) is 9.51. The highest BCUT2D eigenvalue weighted by atomic mass is 16.5. The predicted octanol–water partition coefficient (Wildman–Crippen LogP) is 2.23. The van der Waals surface area contributed by atoms with Crippen molar-refractivity contribution in [3.63, 3.8) is 0 Å². The number of benzene rings is 1. The van der Waals surface area contributed by atoms with Crippen LogP contribution >= 0.6 is 0 Å². The molecule has 0 heterocycles. The molecular formula is C16H23NO3. The van der Waals surface area contributed by atoms with Gasteiger partial charge in [-0.3, -0.25) is 4.79 Å². The van der Waals surface area contributed by atoms with E-state index in [0.717, 1.165) is 11.3 Å². The van der Waals surface area contributed by atoms with Gasteiger partial charge in [0.15, 0.2) is 0 Å². The third-order valence-electron chi connectivity index (χ3n) is 2.80. The van der Waals surface area contributed by atoms with E-state index in [4.69, 9.17) is 4.74 Å². The number of amides is 1. The Morgan fingerprint density at radius 3 is 2.55 bits per heavy atom. The van der Waals surface area contributed by atoms with Crippen molar-refractivity contribution >= 4 is 12.0 Å². The van der Waals surface area contributed by atoms with Gasteiger partial charge in [0.05, 0.1) is 13.2 Å². The zero-order chi connectivity index (χ0) is 15.0. The van der Waals surface area contributed by atoms with Gasteiger partial charge < -0.3 is 15.2 Å². The highest BCUT2D eigenvalue weighted by Crippen LogP contribution is 2.12. The van der Waals surface area contributed by atoms with Crippen molar-refractivity contribution in [3.8, 4) is 5.75 Å². The quantitative estimate of drug-likeness (QED) is 0.751. The molecule has 1 amide bonds. The Balaban J connectivity index is 2.39. The molecule has 1 aromatic rings. The molecule has 2 N–H and O–H groups in total. The summed E-state index contributed by atoms with van der Waals surface area (Å²) in [5.41, 5.74) is 0.920. The smallest absolute Gasteiger partial charge is 0.244 e. The summed E-state index contributed by atoms with van der Waals surface area (Å²) in [6.07, 6.45) is 3.38. The topological polar surface area (TPSA) is 58.6 Å². The Morgan fingerprint density at radius 1 is 1.35 bits per heavy atom. The van der Waals surface area contributed by atoms with Gasteiger partial charge in [0.25, 0.3) is 0 Å². The molecule has 0 fully saturated rings. The van der Waals surface area contributed by atoms with E-state index in [-0.39, 0.29) is 12.5 Å². The molecule has 1 unspecified atom stereocenters. The first-order valence-corrected chi connectivity index (χ1v) is 6.79. The van der Waals surface area contributed by atoms with E-state index in [9.17, 15) is 9.90 Å². The van der Waals surface area contributed by atoms with E-state index in [2.05, 4.69) is 5.32 Å². The number of aliphatic hydroxyl groups excluding tert-OH is 1. The summed E-state index contributed by atoms with van der Waals surface area (Å²) in [6.45, 7) is 4.35. The summed E-state index contributed by atoms with van der Waals surface area (Å²) in [5.74, 6) is 0.990. The third kappa shape index (κ3) is 6.38. The Labute approximate surface area is 120 Å². The van der Waals surface area contributed by atoms with Crippen LogP contribution in [0, 0.1) is 5.92 Å². The molecule has 1 rings (SSSR count). The highest BCUT2D eigenvalue weighted by molar-refractivity contribution is 5.91. The molecule has 0 saturated carbocycles. The van der Waals surface area contributed by atoms with E-state index in [1.807, 2.05) is 38.1 Å². The van der Waals surface area contributed by atoms with Gasteiger partial charge in [-0.05, 0) is 36.1 Å². The number of rotatable bonds is 7. The Bertz CT molecular complexity index is 438. The molecule has 1 aromatic carbocycles. The van der Waals surface area contributed by atoms with E-state index in [0.29, 0.717) is 12.3 Å². The number of aliphatic hydroxyl groups is 1. The molecular weight excluding hydrogens is 254 g/mol. The highest BCUT2D eigenvalue weighted by Gasteiger charge is 2.07. The normalized spacial score (nSPS) is 12.7. The number of hydrogen-bond acceptors (Lipinski definition) is 3. The van der Waals surface area contributed by atoms with E-state index < -0.39 is 6.10 Å². The van der Waals surface area contributed by atoms with Crippen LogP contribution in [0.25, 0.3) is 6.08 Å². The predicted molar refractivity (Wildman–Crippen MR) is 80.5 cm³/mol. The lowest BCUT2D eigenvalue weighted by molar-refractivity contribution is -0.116. The molecule has 4 heteroatoms. The van der Waals surface area contributed by atoms with Gasteiger partial charge in [0.1, 0.15) is 5.75 Å². The number of hydrogen-bond donors (Lipinski definition) is 2. The second-order valence-corrected chi connectivity index (χ2v) is 5.14. The minimum Gasteiger partial charge on any atom is -0.497 e. The molecule has 1 atom stereocenters. The Kier molecular flexibility index (Phi) is 6.81. The first-order valence-electron chi connectivity index (χ1n) is 6.79. The number of methoxy groups -OCH3 is 1. The van der Waals surface area contributed by atoms with Crippen LogP contribution < -0.4 is 10.1 Å². The second-order valence-electron chi connectivity index (χ2n) is 5.14. The van der Waals surface area contributed by atoms with Gasteiger partial charge in [0.2, 0.25) is 5.91 Å². The van der Waals surface area contributed by atoms with Crippen LogP contribution in [-0.4, -0.2) is 30.8 Å². The first kappa shape index (κ1) is 16.2. The van der Waals surface area contributed by atoms with Crippen molar-refractivity contribution in [2.75, 3.05) is 13.7 Å². The Hall–Kier alpha value is -1.81. The molecule has 110 valence electrons. The van der Waals surface area contributed by atoms with Gasteiger partial charge >= 0.3 is 0 Å². The summed E-state index contributed by atoms with van der Waals surface area (Å²) < 4.78 is 5.06. The minimum absolute atomic E-state index is 0.205. The molecule has 0 spiro atoms. The summed E-state index contributed by atoms with van der Waals surface area (Å²) in [7, 11) is 1.61.